The van der Waals surface area contributed by atoms with Crippen LogP contribution in [0.2, 0.25) is 20.1 Å². The monoisotopic (exact) mass is 445 g/mol. The van der Waals surface area contributed by atoms with Gasteiger partial charge >= 0.3 is 0 Å². The number of nitrogens with one attached hydrogen (secondary N) is 2. The highest BCUT2D eigenvalue weighted by molar-refractivity contribution is 7.80. The quantitative estimate of drug-likeness (QED) is 0.499. The lowest BCUT2D eigenvalue weighted by Gasteiger charge is -2.10. The van der Waals surface area contributed by atoms with Gasteiger partial charge in [-0.25, -0.2) is 9.67 Å². The maximum atomic E-state index is 6.17. The van der Waals surface area contributed by atoms with Gasteiger partial charge in [0.15, 0.2) is 5.11 Å². The third kappa shape index (κ3) is 4.78. The Labute approximate surface area is 175 Å². The van der Waals surface area contributed by atoms with E-state index in [2.05, 4.69) is 20.7 Å². The van der Waals surface area contributed by atoms with Gasteiger partial charge in [0.1, 0.15) is 6.33 Å². The summed E-state index contributed by atoms with van der Waals surface area (Å²) in [6.45, 7) is 0.382. The first-order valence-electron chi connectivity index (χ1n) is 7.28. The van der Waals surface area contributed by atoms with E-state index in [-0.39, 0.29) is 5.11 Å². The highest BCUT2D eigenvalue weighted by Gasteiger charge is 2.10. The molecule has 2 aromatic carbocycles. The van der Waals surface area contributed by atoms with E-state index in [0.29, 0.717) is 38.3 Å². The normalized spacial score (nSPS) is 10.6. The number of aromatic nitrogens is 3. The second-order valence-corrected chi connectivity index (χ2v) is 7.24. The van der Waals surface area contributed by atoms with Crippen LogP contribution in [0.3, 0.4) is 0 Å². The highest BCUT2D eigenvalue weighted by atomic mass is 35.5. The van der Waals surface area contributed by atoms with E-state index >= 15 is 0 Å². The molecule has 5 nitrogen and oxygen atoms in total. The summed E-state index contributed by atoms with van der Waals surface area (Å²) in [5.74, 6) is 0.323. The third-order valence-corrected chi connectivity index (χ3v) is 4.80. The minimum Gasteiger partial charge on any atom is -0.331 e. The van der Waals surface area contributed by atoms with Crippen LogP contribution in [-0.4, -0.2) is 19.9 Å². The van der Waals surface area contributed by atoms with Gasteiger partial charge in [-0.05, 0) is 42.5 Å². The van der Waals surface area contributed by atoms with Gasteiger partial charge in [-0.2, -0.15) is 0 Å². The van der Waals surface area contributed by atoms with Crippen molar-refractivity contribution in [2.24, 2.45) is 0 Å². The molecule has 0 bridgehead atoms. The SMILES string of the molecule is S=C(Nc1ncn(Cc2c(Cl)cccc2Cl)n1)Nc1cc(Cl)ccc1Cl. The fourth-order valence-corrected chi connectivity index (χ4v) is 3.18. The third-order valence-electron chi connectivity index (χ3n) is 3.32. The maximum Gasteiger partial charge on any atom is 0.248 e. The molecule has 1 aromatic heterocycles. The van der Waals surface area contributed by atoms with E-state index in [0.717, 1.165) is 5.56 Å². The fourth-order valence-electron chi connectivity index (χ4n) is 2.12. The van der Waals surface area contributed by atoms with Crippen LogP contribution in [0, 0.1) is 0 Å². The number of benzene rings is 2. The number of thiocarbonyl (C=S) groups is 1. The Kier molecular flexibility index (Phi) is 6.21. The molecule has 0 spiro atoms. The molecule has 0 unspecified atom stereocenters. The van der Waals surface area contributed by atoms with Crippen molar-refractivity contribution in [1.29, 1.82) is 0 Å². The van der Waals surface area contributed by atoms with Crippen molar-refractivity contribution >= 4 is 75.4 Å². The van der Waals surface area contributed by atoms with Crippen LogP contribution in [-0.2, 0) is 6.54 Å². The van der Waals surface area contributed by atoms with Crippen LogP contribution in [0.1, 0.15) is 5.56 Å². The van der Waals surface area contributed by atoms with Crippen molar-refractivity contribution in [2.75, 3.05) is 10.6 Å². The molecule has 0 aliphatic rings. The molecular formula is C16H11Cl4N5S. The molecule has 1 heterocycles. The summed E-state index contributed by atoms with van der Waals surface area (Å²) >= 11 is 29.6. The lowest BCUT2D eigenvalue weighted by molar-refractivity contribution is 0.687. The predicted octanol–water partition coefficient (Wildman–Crippen LogP) is 5.75. The Hall–Kier alpha value is -1.57. The van der Waals surface area contributed by atoms with Crippen LogP contribution in [0.15, 0.2) is 42.7 Å². The molecule has 26 heavy (non-hydrogen) atoms. The lowest BCUT2D eigenvalue weighted by atomic mass is 10.2. The van der Waals surface area contributed by atoms with Crippen LogP contribution in [0.5, 0.6) is 0 Å². The largest absolute Gasteiger partial charge is 0.331 e. The molecular weight excluding hydrogens is 436 g/mol. The van der Waals surface area contributed by atoms with E-state index in [1.165, 1.54) is 0 Å². The molecule has 0 amide bonds. The average Bonchev–Trinajstić information content (AvgIpc) is 3.01. The van der Waals surface area contributed by atoms with Crippen molar-refractivity contribution < 1.29 is 0 Å². The lowest BCUT2D eigenvalue weighted by Crippen LogP contribution is -2.20. The minimum absolute atomic E-state index is 0.280. The summed E-state index contributed by atoms with van der Waals surface area (Å²) in [4.78, 5) is 4.16. The Morgan fingerprint density at radius 3 is 2.46 bits per heavy atom. The average molecular weight is 447 g/mol. The Morgan fingerprint density at radius 1 is 1.00 bits per heavy atom. The molecule has 10 heteroatoms. The van der Waals surface area contributed by atoms with Crippen molar-refractivity contribution in [2.45, 2.75) is 6.54 Å². The molecule has 0 atom stereocenters. The summed E-state index contributed by atoms with van der Waals surface area (Å²) in [6.07, 6.45) is 1.55. The van der Waals surface area contributed by atoms with Gasteiger partial charge in [-0.3, -0.25) is 5.32 Å². The van der Waals surface area contributed by atoms with Crippen molar-refractivity contribution in [3.63, 3.8) is 0 Å². The van der Waals surface area contributed by atoms with Gasteiger partial charge in [0, 0.05) is 20.6 Å². The van der Waals surface area contributed by atoms with Gasteiger partial charge in [0.05, 0.1) is 17.3 Å². The zero-order valence-electron chi connectivity index (χ0n) is 13.0. The number of hydrogen-bond donors (Lipinski definition) is 2. The van der Waals surface area contributed by atoms with Crippen LogP contribution < -0.4 is 10.6 Å². The van der Waals surface area contributed by atoms with E-state index < -0.39 is 0 Å². The van der Waals surface area contributed by atoms with Gasteiger partial charge < -0.3 is 5.32 Å². The van der Waals surface area contributed by atoms with Crippen molar-refractivity contribution in [3.05, 3.63) is 68.4 Å². The summed E-state index contributed by atoms with van der Waals surface area (Å²) in [5.41, 5.74) is 1.35. The Morgan fingerprint density at radius 2 is 1.73 bits per heavy atom. The highest BCUT2D eigenvalue weighted by Crippen LogP contribution is 2.26. The number of anilines is 2. The molecule has 0 fully saturated rings. The first-order valence-corrected chi connectivity index (χ1v) is 9.20. The van der Waals surface area contributed by atoms with Crippen molar-refractivity contribution in [1.82, 2.24) is 14.8 Å². The van der Waals surface area contributed by atoms with E-state index in [4.69, 9.17) is 58.6 Å². The standard InChI is InChI=1S/C16H11Cl4N5S/c17-9-4-5-13(20)14(6-9)22-16(26)23-15-21-8-25(24-15)7-10-11(18)2-1-3-12(10)19/h1-6,8H,7H2,(H2,22,23,24,26). The van der Waals surface area contributed by atoms with E-state index in [9.17, 15) is 0 Å². The summed E-state index contributed by atoms with van der Waals surface area (Å²) in [5, 5.41) is 12.6. The smallest absolute Gasteiger partial charge is 0.248 e. The Balaban J connectivity index is 1.66. The number of hydrogen-bond acceptors (Lipinski definition) is 3. The fraction of sp³-hybridized carbons (Fsp3) is 0.0625. The minimum atomic E-state index is 0.280. The second kappa shape index (κ2) is 8.41. The molecule has 3 aromatic rings. The van der Waals surface area contributed by atoms with Crippen LogP contribution in [0.25, 0.3) is 0 Å². The maximum absolute atomic E-state index is 6.17. The molecule has 0 aliphatic heterocycles. The van der Waals surface area contributed by atoms with Gasteiger partial charge in [0.2, 0.25) is 5.95 Å². The van der Waals surface area contributed by atoms with Gasteiger partial charge in [-0.1, -0.05) is 52.5 Å². The summed E-state index contributed by atoms with van der Waals surface area (Å²) in [6, 6.07) is 10.4. The van der Waals surface area contributed by atoms with Crippen molar-refractivity contribution in [3.8, 4) is 0 Å². The first-order chi connectivity index (χ1) is 12.4. The zero-order chi connectivity index (χ0) is 18.7. The molecule has 134 valence electrons. The molecule has 0 saturated heterocycles. The first kappa shape index (κ1) is 19.2. The van der Waals surface area contributed by atoms with E-state index in [1.54, 1.807) is 47.4 Å². The van der Waals surface area contributed by atoms with Gasteiger partial charge in [0.25, 0.3) is 0 Å². The predicted molar refractivity (Wildman–Crippen MR) is 112 cm³/mol. The van der Waals surface area contributed by atoms with Crippen LogP contribution >= 0.6 is 58.6 Å². The molecule has 0 saturated carbocycles. The number of nitrogens with zero attached hydrogens (tertiary/aromatic N) is 3. The molecule has 3 rings (SSSR count). The van der Waals surface area contributed by atoms with E-state index in [1.807, 2.05) is 0 Å². The zero-order valence-corrected chi connectivity index (χ0v) is 16.9. The second-order valence-electron chi connectivity index (χ2n) is 5.17. The summed E-state index contributed by atoms with van der Waals surface area (Å²) in [7, 11) is 0. The molecule has 0 radical (unpaired) electrons. The molecule has 2 N–H and O–H groups in total. The number of rotatable bonds is 4. The Bertz CT molecular complexity index is 939. The topological polar surface area (TPSA) is 54.8 Å². The summed E-state index contributed by atoms with van der Waals surface area (Å²) < 4.78 is 1.60. The van der Waals surface area contributed by atoms with Crippen LogP contribution in [0.4, 0.5) is 11.6 Å². The molecule has 0 aliphatic carbocycles. The van der Waals surface area contributed by atoms with Gasteiger partial charge in [-0.15, -0.1) is 5.10 Å². The number of halogens is 4.